The average molecular weight is 355 g/mol. The van der Waals surface area contributed by atoms with Crippen molar-refractivity contribution < 1.29 is 19.1 Å². The van der Waals surface area contributed by atoms with Crippen LogP contribution in [0.1, 0.15) is 54.4 Å². The second-order valence-electron chi connectivity index (χ2n) is 8.50. The van der Waals surface area contributed by atoms with Crippen molar-refractivity contribution in [3.8, 4) is 0 Å². The summed E-state index contributed by atoms with van der Waals surface area (Å²) in [5, 5.41) is 0.221. The molecule has 1 saturated carbocycles. The van der Waals surface area contributed by atoms with Crippen molar-refractivity contribution >= 4 is 20.0 Å². The summed E-state index contributed by atoms with van der Waals surface area (Å²) in [6.07, 6.45) is 0.906. The normalized spacial score (nSPS) is 22.5. The van der Waals surface area contributed by atoms with Gasteiger partial charge >= 0.3 is 11.9 Å². The first-order valence-corrected chi connectivity index (χ1v) is 12.0. The van der Waals surface area contributed by atoms with E-state index in [0.717, 1.165) is 0 Å². The second kappa shape index (κ2) is 7.42. The smallest absolute Gasteiger partial charge is 0.323 e. The molecular weight excluding hydrogens is 320 g/mol. The number of ether oxygens (including phenoxy) is 2. The summed E-state index contributed by atoms with van der Waals surface area (Å²) in [6, 6.07) is 0. The van der Waals surface area contributed by atoms with Gasteiger partial charge in [-0.1, -0.05) is 52.1 Å². The minimum absolute atomic E-state index is 0.188. The number of esters is 2. The highest BCUT2D eigenvalue weighted by Crippen LogP contribution is 2.49. The van der Waals surface area contributed by atoms with Crippen LogP contribution < -0.4 is 0 Å². The van der Waals surface area contributed by atoms with Crippen LogP contribution in [0.2, 0.25) is 18.1 Å². The molecule has 0 radical (unpaired) electrons. The number of carbonyl (C=O) groups excluding carboxylic acids is 2. The van der Waals surface area contributed by atoms with Gasteiger partial charge in [0.25, 0.3) is 0 Å². The number of carbonyl (C=O) groups is 2. The van der Waals surface area contributed by atoms with E-state index < -0.39 is 25.4 Å². The van der Waals surface area contributed by atoms with Crippen molar-refractivity contribution in [1.82, 2.24) is 0 Å². The predicted molar refractivity (Wildman–Crippen MR) is 99.4 cm³/mol. The zero-order chi connectivity index (χ0) is 18.8. The maximum atomic E-state index is 12.6. The Balaban J connectivity index is 3.25. The molecule has 0 spiro atoms. The van der Waals surface area contributed by atoms with Crippen molar-refractivity contribution in [3.63, 3.8) is 0 Å². The van der Waals surface area contributed by atoms with Crippen molar-refractivity contribution in [2.24, 2.45) is 11.3 Å². The molecule has 1 atom stereocenters. The Labute approximate surface area is 148 Å². The molecule has 1 aliphatic carbocycles. The quantitative estimate of drug-likeness (QED) is 0.414. The highest BCUT2D eigenvalue weighted by atomic mass is 28.3. The molecule has 0 heterocycles. The van der Waals surface area contributed by atoms with E-state index in [2.05, 4.69) is 46.5 Å². The van der Waals surface area contributed by atoms with Crippen LogP contribution in [-0.2, 0) is 19.1 Å². The molecule has 138 valence electrons. The van der Waals surface area contributed by atoms with Gasteiger partial charge in [0, 0.05) is 0 Å². The summed E-state index contributed by atoms with van der Waals surface area (Å²) in [6.45, 7) is 17.6. The van der Waals surface area contributed by atoms with Gasteiger partial charge in [-0.05, 0) is 37.6 Å². The first kappa shape index (κ1) is 20.9. The standard InChI is InChI=1S/C19H34O4Si/c1-9-22-16(20)19(17(21)23-10-2)11-14(3)15(12-19)13-24(7,8)18(4,5)6/h13-14H,9-12H2,1-8H3/b15-13-. The molecule has 0 aliphatic heterocycles. The van der Waals surface area contributed by atoms with Gasteiger partial charge in [0.15, 0.2) is 5.41 Å². The Morgan fingerprint density at radius 2 is 1.62 bits per heavy atom. The van der Waals surface area contributed by atoms with E-state index in [4.69, 9.17) is 9.47 Å². The molecule has 1 rings (SSSR count). The molecule has 0 aromatic heterocycles. The lowest BCUT2D eigenvalue weighted by atomic mass is 9.85. The summed E-state index contributed by atoms with van der Waals surface area (Å²) >= 11 is 0. The summed E-state index contributed by atoms with van der Waals surface area (Å²) in [7, 11) is -1.65. The third-order valence-corrected chi connectivity index (χ3v) is 10.6. The summed E-state index contributed by atoms with van der Waals surface area (Å²) in [4.78, 5) is 25.2. The number of hydrogen-bond donors (Lipinski definition) is 0. The number of hydrogen-bond acceptors (Lipinski definition) is 4. The molecular formula is C19H34O4Si. The highest BCUT2D eigenvalue weighted by Gasteiger charge is 2.55. The van der Waals surface area contributed by atoms with Crippen molar-refractivity contribution in [3.05, 3.63) is 11.3 Å². The fourth-order valence-electron chi connectivity index (χ4n) is 3.05. The molecule has 0 N–H and O–H groups in total. The largest absolute Gasteiger partial charge is 0.465 e. The van der Waals surface area contributed by atoms with Gasteiger partial charge in [-0.3, -0.25) is 9.59 Å². The highest BCUT2D eigenvalue weighted by molar-refractivity contribution is 6.84. The first-order chi connectivity index (χ1) is 10.9. The maximum absolute atomic E-state index is 12.6. The zero-order valence-corrected chi connectivity index (χ0v) is 17.6. The Kier molecular flexibility index (Phi) is 6.47. The van der Waals surface area contributed by atoms with Gasteiger partial charge in [0.1, 0.15) is 0 Å². The van der Waals surface area contributed by atoms with Crippen LogP contribution in [0.4, 0.5) is 0 Å². The van der Waals surface area contributed by atoms with Gasteiger partial charge in [-0.25, -0.2) is 0 Å². The van der Waals surface area contributed by atoms with E-state index in [9.17, 15) is 9.59 Å². The summed E-state index contributed by atoms with van der Waals surface area (Å²) in [5.41, 5.74) is 2.43. The van der Waals surface area contributed by atoms with Gasteiger partial charge in [0.05, 0.1) is 21.3 Å². The minimum atomic E-state index is -1.65. The topological polar surface area (TPSA) is 52.6 Å². The molecule has 0 saturated heterocycles. The van der Waals surface area contributed by atoms with Crippen LogP contribution in [0.15, 0.2) is 11.3 Å². The van der Waals surface area contributed by atoms with E-state index >= 15 is 0 Å². The van der Waals surface area contributed by atoms with Crippen LogP contribution in [0.5, 0.6) is 0 Å². The van der Waals surface area contributed by atoms with Crippen LogP contribution in [0.25, 0.3) is 0 Å². The number of rotatable bonds is 5. The molecule has 1 aliphatic rings. The number of allylic oxidation sites excluding steroid dienone is 1. The Hall–Kier alpha value is -1.10. The lowest BCUT2D eigenvalue weighted by Gasteiger charge is -2.35. The molecule has 0 bridgehead atoms. The van der Waals surface area contributed by atoms with Crippen molar-refractivity contribution in [1.29, 1.82) is 0 Å². The fraction of sp³-hybridized carbons (Fsp3) is 0.789. The summed E-state index contributed by atoms with van der Waals surface area (Å²) in [5.74, 6) is -0.684. The molecule has 4 nitrogen and oxygen atoms in total. The SMILES string of the molecule is CCOC(=O)C1(C(=O)OCC)C/C(=C/[Si](C)(C)C(C)(C)C)C(C)C1. The molecule has 1 fully saturated rings. The van der Waals surface area contributed by atoms with Gasteiger partial charge in [-0.15, -0.1) is 0 Å². The molecule has 0 aromatic carbocycles. The van der Waals surface area contributed by atoms with Crippen LogP contribution in [0.3, 0.4) is 0 Å². The summed E-state index contributed by atoms with van der Waals surface area (Å²) < 4.78 is 10.5. The predicted octanol–water partition coefficient (Wildman–Crippen LogP) is 4.50. The first-order valence-electron chi connectivity index (χ1n) is 8.97. The van der Waals surface area contributed by atoms with Gasteiger partial charge in [-0.2, -0.15) is 0 Å². The van der Waals surface area contributed by atoms with Crippen LogP contribution >= 0.6 is 0 Å². The van der Waals surface area contributed by atoms with E-state index in [1.54, 1.807) is 13.8 Å². The molecule has 0 aromatic rings. The van der Waals surface area contributed by atoms with E-state index in [-0.39, 0.29) is 24.2 Å². The lowest BCUT2D eigenvalue weighted by molar-refractivity contribution is -0.171. The fourth-order valence-corrected chi connectivity index (χ4v) is 4.80. The Bertz CT molecular complexity index is 496. The second-order valence-corrected chi connectivity index (χ2v) is 13.7. The minimum Gasteiger partial charge on any atom is -0.465 e. The lowest BCUT2D eigenvalue weighted by Crippen LogP contribution is -2.40. The van der Waals surface area contributed by atoms with Gasteiger partial charge < -0.3 is 9.47 Å². The van der Waals surface area contributed by atoms with E-state index in [1.165, 1.54) is 5.57 Å². The van der Waals surface area contributed by atoms with E-state index in [0.29, 0.717) is 12.8 Å². The van der Waals surface area contributed by atoms with Crippen molar-refractivity contribution in [2.45, 2.75) is 72.5 Å². The molecule has 5 heteroatoms. The Morgan fingerprint density at radius 1 is 1.17 bits per heavy atom. The van der Waals surface area contributed by atoms with Crippen molar-refractivity contribution in [2.75, 3.05) is 13.2 Å². The maximum Gasteiger partial charge on any atom is 0.323 e. The third kappa shape index (κ3) is 4.10. The molecule has 1 unspecified atom stereocenters. The van der Waals surface area contributed by atoms with Crippen LogP contribution in [0, 0.1) is 11.3 Å². The van der Waals surface area contributed by atoms with Crippen LogP contribution in [-0.4, -0.2) is 33.2 Å². The molecule has 0 amide bonds. The Morgan fingerprint density at radius 3 is 2.00 bits per heavy atom. The average Bonchev–Trinajstić information content (AvgIpc) is 2.76. The molecule has 24 heavy (non-hydrogen) atoms. The third-order valence-electron chi connectivity index (χ3n) is 5.61. The van der Waals surface area contributed by atoms with Gasteiger partial charge in [0.2, 0.25) is 0 Å². The monoisotopic (exact) mass is 354 g/mol. The zero-order valence-electron chi connectivity index (χ0n) is 16.6. The van der Waals surface area contributed by atoms with E-state index in [1.807, 2.05) is 0 Å².